The predicted octanol–water partition coefficient (Wildman–Crippen LogP) is 2.97. The molecule has 1 N–H and O–H groups in total. The van der Waals surface area contributed by atoms with Crippen molar-refractivity contribution in [3.63, 3.8) is 0 Å². The molecule has 0 saturated heterocycles. The summed E-state index contributed by atoms with van der Waals surface area (Å²) in [7, 11) is 0. The Balaban J connectivity index is 2.87. The normalized spacial score (nSPS) is 12.9. The molecule has 0 heterocycles. The lowest BCUT2D eigenvalue weighted by Gasteiger charge is -2.10. The van der Waals surface area contributed by atoms with Crippen molar-refractivity contribution in [3.05, 3.63) is 35.1 Å². The van der Waals surface area contributed by atoms with Crippen molar-refractivity contribution < 1.29 is 9.50 Å². The van der Waals surface area contributed by atoms with Gasteiger partial charge in [-0.25, -0.2) is 4.39 Å². The molecule has 1 unspecified atom stereocenters. The molecular formula is C11H15FO. The van der Waals surface area contributed by atoms with Gasteiger partial charge in [-0.15, -0.1) is 0 Å². The monoisotopic (exact) mass is 182 g/mol. The van der Waals surface area contributed by atoms with Gasteiger partial charge in [0.25, 0.3) is 0 Å². The molecule has 2 heteroatoms. The Labute approximate surface area is 78.2 Å². The molecule has 0 aliphatic carbocycles. The maximum Gasteiger partial charge on any atom is 0.123 e. The van der Waals surface area contributed by atoms with Gasteiger partial charge < -0.3 is 5.11 Å². The first kappa shape index (κ1) is 10.2. The third-order valence-electron chi connectivity index (χ3n) is 2.01. The molecule has 0 fully saturated rings. The van der Waals surface area contributed by atoms with E-state index in [-0.39, 0.29) is 5.82 Å². The summed E-state index contributed by atoms with van der Waals surface area (Å²) in [5, 5.41) is 9.60. The minimum atomic E-state index is -0.528. The molecule has 0 aliphatic rings. The summed E-state index contributed by atoms with van der Waals surface area (Å²) in [5.74, 6) is -0.273. The highest BCUT2D eigenvalue weighted by Crippen LogP contribution is 2.20. The number of hydrogen-bond acceptors (Lipinski definition) is 1. The van der Waals surface area contributed by atoms with E-state index in [0.717, 1.165) is 12.0 Å². The lowest BCUT2D eigenvalue weighted by molar-refractivity contribution is 0.166. The lowest BCUT2D eigenvalue weighted by atomic mass is 10.0. The van der Waals surface area contributed by atoms with Crippen molar-refractivity contribution in [2.75, 3.05) is 0 Å². The summed E-state index contributed by atoms with van der Waals surface area (Å²) >= 11 is 0. The van der Waals surface area contributed by atoms with Crippen molar-refractivity contribution in [2.24, 2.45) is 0 Å². The zero-order chi connectivity index (χ0) is 9.84. The van der Waals surface area contributed by atoms with Crippen molar-refractivity contribution in [1.29, 1.82) is 0 Å². The van der Waals surface area contributed by atoms with Crippen LogP contribution in [0.5, 0.6) is 0 Å². The molecule has 1 aromatic carbocycles. The molecule has 1 atom stereocenters. The Morgan fingerprint density at radius 1 is 1.38 bits per heavy atom. The van der Waals surface area contributed by atoms with E-state index in [1.165, 1.54) is 12.1 Å². The van der Waals surface area contributed by atoms with Gasteiger partial charge in [-0.1, -0.05) is 19.4 Å². The summed E-state index contributed by atoms with van der Waals surface area (Å²) in [6.45, 7) is 3.82. The molecule has 0 aliphatic heterocycles. The number of aliphatic hydroxyl groups excluding tert-OH is 1. The van der Waals surface area contributed by atoms with E-state index < -0.39 is 6.10 Å². The van der Waals surface area contributed by atoms with Crippen LogP contribution >= 0.6 is 0 Å². The lowest BCUT2D eigenvalue weighted by Crippen LogP contribution is -1.97. The zero-order valence-corrected chi connectivity index (χ0v) is 8.05. The van der Waals surface area contributed by atoms with Gasteiger partial charge in [0.2, 0.25) is 0 Å². The van der Waals surface area contributed by atoms with Gasteiger partial charge in [-0.2, -0.15) is 0 Å². The largest absolute Gasteiger partial charge is 0.388 e. The van der Waals surface area contributed by atoms with E-state index in [2.05, 4.69) is 0 Å². The van der Waals surface area contributed by atoms with Gasteiger partial charge in [-0.3, -0.25) is 0 Å². The van der Waals surface area contributed by atoms with Crippen LogP contribution in [0.15, 0.2) is 18.2 Å². The van der Waals surface area contributed by atoms with E-state index in [0.29, 0.717) is 12.0 Å². The molecule has 1 nitrogen and oxygen atoms in total. The fourth-order valence-electron chi connectivity index (χ4n) is 1.40. The van der Waals surface area contributed by atoms with Gasteiger partial charge in [0.15, 0.2) is 0 Å². The van der Waals surface area contributed by atoms with Gasteiger partial charge >= 0.3 is 0 Å². The standard InChI is InChI=1S/C11H15FO/c1-3-4-11(13)9-5-8(2)6-10(12)7-9/h5-7,11,13H,3-4H2,1-2H3. The van der Waals surface area contributed by atoms with Crippen molar-refractivity contribution in [2.45, 2.75) is 32.8 Å². The van der Waals surface area contributed by atoms with Crippen LogP contribution in [-0.4, -0.2) is 5.11 Å². The fraction of sp³-hybridized carbons (Fsp3) is 0.455. The maximum atomic E-state index is 12.9. The third-order valence-corrected chi connectivity index (χ3v) is 2.01. The number of aliphatic hydroxyl groups is 1. The first-order valence-corrected chi connectivity index (χ1v) is 4.58. The smallest absolute Gasteiger partial charge is 0.123 e. The molecule has 72 valence electrons. The third kappa shape index (κ3) is 2.81. The number of halogens is 1. The summed E-state index contributed by atoms with van der Waals surface area (Å²) in [6, 6.07) is 4.68. The Kier molecular flexibility index (Phi) is 3.43. The molecule has 1 rings (SSSR count). The van der Waals surface area contributed by atoms with Crippen molar-refractivity contribution >= 4 is 0 Å². The highest BCUT2D eigenvalue weighted by atomic mass is 19.1. The van der Waals surface area contributed by atoms with Crippen molar-refractivity contribution in [1.82, 2.24) is 0 Å². The Hall–Kier alpha value is -0.890. The molecule has 0 bridgehead atoms. The number of benzene rings is 1. The minimum absolute atomic E-state index is 0.273. The molecular weight excluding hydrogens is 167 g/mol. The second-order valence-corrected chi connectivity index (χ2v) is 3.37. The average molecular weight is 182 g/mol. The van der Waals surface area contributed by atoms with Crippen LogP contribution in [0.3, 0.4) is 0 Å². The fourth-order valence-corrected chi connectivity index (χ4v) is 1.40. The van der Waals surface area contributed by atoms with Gasteiger partial charge in [0.05, 0.1) is 6.10 Å². The predicted molar refractivity (Wildman–Crippen MR) is 51.0 cm³/mol. The van der Waals surface area contributed by atoms with E-state index in [4.69, 9.17) is 0 Å². The van der Waals surface area contributed by atoms with Crippen molar-refractivity contribution in [3.8, 4) is 0 Å². The topological polar surface area (TPSA) is 20.2 Å². The van der Waals surface area contributed by atoms with Gasteiger partial charge in [-0.05, 0) is 36.6 Å². The van der Waals surface area contributed by atoms with Crippen LogP contribution in [-0.2, 0) is 0 Å². The quantitative estimate of drug-likeness (QED) is 0.762. The van der Waals surface area contributed by atoms with E-state index >= 15 is 0 Å². The Morgan fingerprint density at radius 3 is 2.62 bits per heavy atom. The number of rotatable bonds is 3. The van der Waals surface area contributed by atoms with Crippen LogP contribution in [0, 0.1) is 12.7 Å². The summed E-state index contributed by atoms with van der Waals surface area (Å²) in [5.41, 5.74) is 1.53. The zero-order valence-electron chi connectivity index (χ0n) is 8.05. The second-order valence-electron chi connectivity index (χ2n) is 3.37. The molecule has 0 saturated carbocycles. The van der Waals surface area contributed by atoms with Crippen LogP contribution < -0.4 is 0 Å². The molecule has 0 aromatic heterocycles. The maximum absolute atomic E-state index is 12.9. The van der Waals surface area contributed by atoms with E-state index in [1.54, 1.807) is 0 Å². The van der Waals surface area contributed by atoms with Crippen LogP contribution in [0.2, 0.25) is 0 Å². The minimum Gasteiger partial charge on any atom is -0.388 e. The number of hydrogen-bond donors (Lipinski definition) is 1. The SMILES string of the molecule is CCCC(O)c1cc(C)cc(F)c1. The average Bonchev–Trinajstić information content (AvgIpc) is 2.03. The highest BCUT2D eigenvalue weighted by molar-refractivity contribution is 5.25. The van der Waals surface area contributed by atoms with Gasteiger partial charge in [0.1, 0.15) is 5.82 Å². The Morgan fingerprint density at radius 2 is 2.08 bits per heavy atom. The molecule has 13 heavy (non-hydrogen) atoms. The summed E-state index contributed by atoms with van der Waals surface area (Å²) < 4.78 is 12.9. The highest BCUT2D eigenvalue weighted by Gasteiger charge is 2.07. The number of aryl methyl sites for hydroxylation is 1. The summed E-state index contributed by atoms with van der Waals surface area (Å²) in [6.07, 6.45) is 1.05. The molecule has 0 radical (unpaired) electrons. The molecule has 0 spiro atoms. The first-order valence-electron chi connectivity index (χ1n) is 4.58. The summed E-state index contributed by atoms with van der Waals surface area (Å²) in [4.78, 5) is 0. The molecule has 1 aromatic rings. The van der Waals surface area contributed by atoms with Crippen LogP contribution in [0.1, 0.15) is 37.0 Å². The Bertz CT molecular complexity index is 263. The second kappa shape index (κ2) is 4.38. The van der Waals surface area contributed by atoms with E-state index in [9.17, 15) is 9.50 Å². The van der Waals surface area contributed by atoms with Crippen LogP contribution in [0.4, 0.5) is 4.39 Å². The van der Waals surface area contributed by atoms with E-state index in [1.807, 2.05) is 19.9 Å². The first-order chi connectivity index (χ1) is 6.13. The van der Waals surface area contributed by atoms with Gasteiger partial charge in [0, 0.05) is 0 Å². The van der Waals surface area contributed by atoms with Crippen LogP contribution in [0.25, 0.3) is 0 Å². The molecule has 0 amide bonds.